The van der Waals surface area contributed by atoms with E-state index < -0.39 is 10.1 Å². The van der Waals surface area contributed by atoms with Crippen LogP contribution in [-0.2, 0) is 19.1 Å². The molecule has 0 amide bonds. The van der Waals surface area contributed by atoms with Gasteiger partial charge in [0.05, 0.1) is 11.0 Å². The fourth-order valence-corrected chi connectivity index (χ4v) is 9.13. The molecule has 1 unspecified atom stereocenters. The molecule has 4 nitrogen and oxygen atoms in total. The predicted octanol–water partition coefficient (Wildman–Crippen LogP) is 5.68. The van der Waals surface area contributed by atoms with E-state index in [2.05, 4.69) is 13.8 Å². The Morgan fingerprint density at radius 3 is 2.42 bits per heavy atom. The molecule has 4 aliphatic carbocycles. The number of hydrogen-bond acceptors (Lipinski definition) is 4. The number of rotatable bonds is 3. The summed E-state index contributed by atoms with van der Waals surface area (Å²) in [5.74, 6) is 2.92. The Labute approximate surface area is 187 Å². The third kappa shape index (κ3) is 3.42. The van der Waals surface area contributed by atoms with Gasteiger partial charge in [-0.2, -0.15) is 8.42 Å². The largest absolute Gasteiger partial charge is 0.299 e. The van der Waals surface area contributed by atoms with Gasteiger partial charge in [0.2, 0.25) is 0 Å². The lowest BCUT2D eigenvalue weighted by Crippen LogP contribution is -2.54. The number of ketones is 1. The van der Waals surface area contributed by atoms with E-state index in [1.807, 2.05) is 19.1 Å². The summed E-state index contributed by atoms with van der Waals surface area (Å²) in [7, 11) is -3.72. The molecule has 31 heavy (non-hydrogen) atoms. The third-order valence-electron chi connectivity index (χ3n) is 9.90. The van der Waals surface area contributed by atoms with Crippen LogP contribution in [0.5, 0.6) is 0 Å². The van der Waals surface area contributed by atoms with Gasteiger partial charge in [0.15, 0.2) is 0 Å². The summed E-state index contributed by atoms with van der Waals surface area (Å²) in [5.41, 5.74) is 1.22. The molecule has 0 N–H and O–H groups in total. The second-order valence-corrected chi connectivity index (χ2v) is 12.9. The van der Waals surface area contributed by atoms with E-state index >= 15 is 0 Å². The summed E-state index contributed by atoms with van der Waals surface area (Å²) in [4.78, 5) is 12.9. The Hall–Kier alpha value is -1.20. The van der Waals surface area contributed by atoms with E-state index in [0.717, 1.165) is 56.9 Å². The highest BCUT2D eigenvalue weighted by molar-refractivity contribution is 7.86. The van der Waals surface area contributed by atoms with Crippen molar-refractivity contribution in [3.8, 4) is 0 Å². The Bertz CT molecular complexity index is 968. The summed E-state index contributed by atoms with van der Waals surface area (Å²) in [6.07, 6.45) is 8.85. The smallest absolute Gasteiger partial charge is 0.297 e. The van der Waals surface area contributed by atoms with Crippen molar-refractivity contribution in [1.82, 2.24) is 0 Å². The minimum Gasteiger partial charge on any atom is -0.299 e. The van der Waals surface area contributed by atoms with Crippen molar-refractivity contribution in [3.05, 3.63) is 29.8 Å². The fraction of sp³-hybridized carbons (Fsp3) is 0.731. The zero-order valence-electron chi connectivity index (χ0n) is 19.1. The summed E-state index contributed by atoms with van der Waals surface area (Å²) < 4.78 is 31.4. The highest BCUT2D eigenvalue weighted by Crippen LogP contribution is 2.65. The van der Waals surface area contributed by atoms with E-state index in [1.54, 1.807) is 12.1 Å². The van der Waals surface area contributed by atoms with Gasteiger partial charge in [-0.1, -0.05) is 31.5 Å². The lowest BCUT2D eigenvalue weighted by Gasteiger charge is -2.60. The zero-order valence-corrected chi connectivity index (χ0v) is 19.9. The Morgan fingerprint density at radius 2 is 1.68 bits per heavy atom. The first kappa shape index (κ1) is 21.6. The molecule has 0 heterocycles. The molecular weight excluding hydrogens is 408 g/mol. The monoisotopic (exact) mass is 444 g/mol. The van der Waals surface area contributed by atoms with E-state index in [9.17, 15) is 13.2 Å². The Morgan fingerprint density at radius 1 is 0.935 bits per heavy atom. The number of carbonyl (C=O) groups is 1. The quantitative estimate of drug-likeness (QED) is 0.563. The number of fused-ring (bicyclic) bond motifs is 5. The number of Topliss-reactive ketones (excluding diaryl/α,β-unsaturated/α-hetero) is 1. The van der Waals surface area contributed by atoms with E-state index in [-0.39, 0.29) is 21.8 Å². The summed E-state index contributed by atoms with van der Waals surface area (Å²) in [5, 5.41) is 0. The molecular formula is C26H36O4S. The van der Waals surface area contributed by atoms with Gasteiger partial charge in [-0.15, -0.1) is 0 Å². The van der Waals surface area contributed by atoms with Crippen molar-refractivity contribution in [2.24, 2.45) is 34.5 Å². The molecule has 0 saturated heterocycles. The van der Waals surface area contributed by atoms with E-state index in [1.165, 1.54) is 6.42 Å². The van der Waals surface area contributed by atoms with Crippen LogP contribution in [0.4, 0.5) is 0 Å². The molecule has 4 saturated carbocycles. The van der Waals surface area contributed by atoms with Crippen molar-refractivity contribution in [3.63, 3.8) is 0 Å². The van der Waals surface area contributed by atoms with Crippen molar-refractivity contribution in [2.75, 3.05) is 0 Å². The topological polar surface area (TPSA) is 60.4 Å². The normalized spacial score (nSPS) is 42.5. The average molecular weight is 445 g/mol. The first-order valence-electron chi connectivity index (χ1n) is 12.2. The van der Waals surface area contributed by atoms with Crippen LogP contribution < -0.4 is 0 Å². The van der Waals surface area contributed by atoms with Gasteiger partial charge in [-0.3, -0.25) is 8.98 Å². The maximum Gasteiger partial charge on any atom is 0.297 e. The number of benzene rings is 1. The molecule has 5 rings (SSSR count). The molecule has 0 bridgehead atoms. The molecule has 4 fully saturated rings. The molecule has 5 heteroatoms. The minimum atomic E-state index is -3.72. The first-order valence-corrected chi connectivity index (χ1v) is 13.6. The van der Waals surface area contributed by atoms with Crippen molar-refractivity contribution < 1.29 is 17.4 Å². The van der Waals surface area contributed by atoms with Gasteiger partial charge in [-0.05, 0) is 99.5 Å². The van der Waals surface area contributed by atoms with Crippen LogP contribution in [0.2, 0.25) is 0 Å². The van der Waals surface area contributed by atoms with E-state index in [0.29, 0.717) is 29.5 Å². The van der Waals surface area contributed by atoms with Gasteiger partial charge in [-0.25, -0.2) is 0 Å². The van der Waals surface area contributed by atoms with Crippen LogP contribution in [0.1, 0.15) is 77.2 Å². The summed E-state index contributed by atoms with van der Waals surface area (Å²) in [6.45, 7) is 6.64. The summed E-state index contributed by atoms with van der Waals surface area (Å²) in [6, 6.07) is 6.93. The molecule has 0 aromatic heterocycles. The van der Waals surface area contributed by atoms with Crippen molar-refractivity contribution in [2.45, 2.75) is 89.6 Å². The van der Waals surface area contributed by atoms with Crippen LogP contribution in [-0.4, -0.2) is 20.3 Å². The zero-order chi connectivity index (χ0) is 22.0. The lowest BCUT2D eigenvalue weighted by molar-refractivity contribution is -0.141. The fourth-order valence-electron chi connectivity index (χ4n) is 8.02. The van der Waals surface area contributed by atoms with Gasteiger partial charge in [0, 0.05) is 11.8 Å². The van der Waals surface area contributed by atoms with Crippen LogP contribution in [0.3, 0.4) is 0 Å². The second-order valence-electron chi connectivity index (χ2n) is 11.3. The average Bonchev–Trinajstić information content (AvgIpc) is 3.03. The first-order chi connectivity index (χ1) is 14.6. The molecule has 0 radical (unpaired) electrons. The number of carbonyl (C=O) groups excluding carboxylic acids is 1. The predicted molar refractivity (Wildman–Crippen MR) is 120 cm³/mol. The van der Waals surface area contributed by atoms with Crippen LogP contribution in [0.25, 0.3) is 0 Å². The van der Waals surface area contributed by atoms with Crippen LogP contribution in [0.15, 0.2) is 29.2 Å². The maximum absolute atomic E-state index is 12.8. The maximum atomic E-state index is 12.8. The molecule has 1 aromatic rings. The van der Waals surface area contributed by atoms with Gasteiger partial charge >= 0.3 is 0 Å². The van der Waals surface area contributed by atoms with Gasteiger partial charge in [0.25, 0.3) is 10.1 Å². The van der Waals surface area contributed by atoms with Crippen molar-refractivity contribution >= 4 is 15.9 Å². The molecule has 0 spiro atoms. The number of hydrogen-bond donors (Lipinski definition) is 0. The molecule has 170 valence electrons. The second kappa shape index (κ2) is 7.41. The standard InChI is InChI=1S/C26H36O4S/c1-17-4-7-20(8-5-17)31(28,29)30-19-12-14-25(2)18(16-19)6-9-21-22-10-11-24(27)26(22,3)15-13-23(21)25/h4-5,7-8,18-19,21-23H,6,9-16H2,1-3H3/t18-,19?,21-,22-,23-,25-,26-/m0/s1. The van der Waals surface area contributed by atoms with Gasteiger partial charge < -0.3 is 0 Å². The SMILES string of the molecule is Cc1ccc(S(=O)(=O)OC2CC[C@@]3(C)[C@@H](CC[C@@H]4[C@@H]3CC[C@]3(C)C(=O)CC[C@@H]43)C2)cc1. The summed E-state index contributed by atoms with van der Waals surface area (Å²) >= 11 is 0. The molecule has 0 aliphatic heterocycles. The Balaban J connectivity index is 1.30. The molecule has 1 aromatic carbocycles. The Kier molecular flexibility index (Phi) is 5.17. The molecule has 7 atom stereocenters. The van der Waals surface area contributed by atoms with Crippen LogP contribution in [0, 0.1) is 41.4 Å². The number of aryl methyl sites for hydroxylation is 1. The third-order valence-corrected chi connectivity index (χ3v) is 11.3. The lowest BCUT2D eigenvalue weighted by atomic mass is 9.45. The van der Waals surface area contributed by atoms with E-state index in [4.69, 9.17) is 4.18 Å². The highest BCUT2D eigenvalue weighted by atomic mass is 32.2. The molecule has 4 aliphatic rings. The minimum absolute atomic E-state index is 0.0766. The highest BCUT2D eigenvalue weighted by Gasteiger charge is 2.60. The van der Waals surface area contributed by atoms with Crippen molar-refractivity contribution in [1.29, 1.82) is 0 Å². The van der Waals surface area contributed by atoms with Gasteiger partial charge in [0.1, 0.15) is 5.78 Å². The van der Waals surface area contributed by atoms with Crippen LogP contribution >= 0.6 is 0 Å².